The number of ether oxygens (including phenoxy) is 1. The van der Waals surface area contributed by atoms with E-state index in [1.165, 1.54) is 4.68 Å². The number of nitrogens with zero attached hydrogens (tertiary/aromatic N) is 6. The lowest BCUT2D eigenvalue weighted by atomic mass is 10.1. The molecule has 3 rings (SSSR count). The maximum atomic E-state index is 12.6. The molecule has 0 aromatic carbocycles. The van der Waals surface area contributed by atoms with Crippen molar-refractivity contribution in [1.29, 1.82) is 0 Å². The standard InChI is InChI=1S/C16H21N7O3/c1-11-3-4-13(8-17-11)18-15(24)7-14-10-26-6-5-22(14)16(25)9-23-12(2)19-20-21-23/h3-4,8,14H,5-7,9-10H2,1-2H3,(H,18,24). The Morgan fingerprint density at radius 1 is 1.35 bits per heavy atom. The molecule has 1 aliphatic rings. The molecule has 0 bridgehead atoms. The molecule has 26 heavy (non-hydrogen) atoms. The highest BCUT2D eigenvalue weighted by atomic mass is 16.5. The van der Waals surface area contributed by atoms with E-state index in [-0.39, 0.29) is 30.8 Å². The molecule has 0 spiro atoms. The van der Waals surface area contributed by atoms with Gasteiger partial charge in [0.15, 0.2) is 0 Å². The van der Waals surface area contributed by atoms with Gasteiger partial charge in [0.2, 0.25) is 11.8 Å². The molecular formula is C16H21N7O3. The van der Waals surface area contributed by atoms with Crippen LogP contribution in [0.3, 0.4) is 0 Å². The largest absolute Gasteiger partial charge is 0.377 e. The smallest absolute Gasteiger partial charge is 0.244 e. The van der Waals surface area contributed by atoms with Gasteiger partial charge in [-0.1, -0.05) is 0 Å². The predicted octanol–water partition coefficient (Wildman–Crippen LogP) is -0.0589. The topological polar surface area (TPSA) is 115 Å². The summed E-state index contributed by atoms with van der Waals surface area (Å²) in [6.07, 6.45) is 1.75. The lowest BCUT2D eigenvalue weighted by molar-refractivity contribution is -0.142. The van der Waals surface area contributed by atoms with E-state index in [0.717, 1.165) is 5.69 Å². The number of morpholine rings is 1. The van der Waals surface area contributed by atoms with Gasteiger partial charge >= 0.3 is 0 Å². The quantitative estimate of drug-likeness (QED) is 0.795. The first-order chi connectivity index (χ1) is 12.5. The van der Waals surface area contributed by atoms with Crippen molar-refractivity contribution in [2.75, 3.05) is 25.1 Å². The Hall–Kier alpha value is -2.88. The zero-order valence-electron chi connectivity index (χ0n) is 14.8. The maximum Gasteiger partial charge on any atom is 0.244 e. The number of nitrogens with one attached hydrogen (secondary N) is 1. The van der Waals surface area contributed by atoms with Crippen molar-refractivity contribution in [3.63, 3.8) is 0 Å². The van der Waals surface area contributed by atoms with Crippen LogP contribution in [0, 0.1) is 13.8 Å². The van der Waals surface area contributed by atoms with Crippen LogP contribution >= 0.6 is 0 Å². The van der Waals surface area contributed by atoms with Gasteiger partial charge in [-0.05, 0) is 36.4 Å². The minimum Gasteiger partial charge on any atom is -0.377 e. The number of aryl methyl sites for hydroxylation is 2. The fourth-order valence-corrected chi connectivity index (χ4v) is 2.73. The number of hydrogen-bond acceptors (Lipinski definition) is 7. The van der Waals surface area contributed by atoms with E-state index in [1.807, 2.05) is 13.0 Å². The van der Waals surface area contributed by atoms with E-state index in [9.17, 15) is 9.59 Å². The first-order valence-electron chi connectivity index (χ1n) is 8.35. The van der Waals surface area contributed by atoms with Crippen molar-refractivity contribution in [1.82, 2.24) is 30.1 Å². The average molecular weight is 359 g/mol. The van der Waals surface area contributed by atoms with Gasteiger partial charge in [0.05, 0.1) is 31.1 Å². The van der Waals surface area contributed by atoms with Gasteiger partial charge in [0.25, 0.3) is 0 Å². The number of aromatic nitrogens is 5. The van der Waals surface area contributed by atoms with Crippen LogP contribution in [0.15, 0.2) is 18.3 Å². The molecule has 0 radical (unpaired) electrons. The van der Waals surface area contributed by atoms with Gasteiger partial charge in [-0.15, -0.1) is 5.10 Å². The third-order valence-corrected chi connectivity index (χ3v) is 4.16. The predicted molar refractivity (Wildman–Crippen MR) is 91.1 cm³/mol. The van der Waals surface area contributed by atoms with E-state index in [0.29, 0.717) is 31.3 Å². The zero-order chi connectivity index (χ0) is 18.5. The van der Waals surface area contributed by atoms with Gasteiger partial charge < -0.3 is 15.0 Å². The highest BCUT2D eigenvalue weighted by molar-refractivity contribution is 5.91. The molecule has 1 aliphatic heterocycles. The number of anilines is 1. The maximum absolute atomic E-state index is 12.6. The zero-order valence-corrected chi connectivity index (χ0v) is 14.8. The second-order valence-corrected chi connectivity index (χ2v) is 6.14. The van der Waals surface area contributed by atoms with Crippen LogP contribution in [-0.4, -0.2) is 67.7 Å². The molecule has 1 unspecified atom stereocenters. The summed E-state index contributed by atoms with van der Waals surface area (Å²) in [5.74, 6) is 0.230. The molecule has 138 valence electrons. The van der Waals surface area contributed by atoms with Crippen LogP contribution in [-0.2, 0) is 20.9 Å². The number of pyridine rings is 1. The molecule has 2 aromatic rings. The van der Waals surface area contributed by atoms with E-state index in [4.69, 9.17) is 4.74 Å². The minimum absolute atomic E-state index is 0.0405. The Labute approximate surface area is 150 Å². The number of hydrogen-bond donors (Lipinski definition) is 1. The minimum atomic E-state index is -0.327. The van der Waals surface area contributed by atoms with Gasteiger partial charge in [0, 0.05) is 18.7 Å². The Kier molecular flexibility index (Phi) is 5.52. The summed E-state index contributed by atoms with van der Waals surface area (Å²) in [6, 6.07) is 3.29. The van der Waals surface area contributed by atoms with Crippen LogP contribution in [0.5, 0.6) is 0 Å². The SMILES string of the molecule is Cc1ccc(NC(=O)CC2COCCN2C(=O)Cn2nnnc2C)cn1. The third-order valence-electron chi connectivity index (χ3n) is 4.16. The number of carbonyl (C=O) groups excluding carboxylic acids is 2. The second-order valence-electron chi connectivity index (χ2n) is 6.14. The summed E-state index contributed by atoms with van der Waals surface area (Å²) in [5.41, 5.74) is 1.50. The molecule has 1 N–H and O–H groups in total. The summed E-state index contributed by atoms with van der Waals surface area (Å²) < 4.78 is 6.89. The fraction of sp³-hybridized carbons (Fsp3) is 0.500. The second kappa shape index (κ2) is 8.00. The lowest BCUT2D eigenvalue weighted by Crippen LogP contribution is -2.51. The molecule has 0 saturated carbocycles. The van der Waals surface area contributed by atoms with E-state index in [1.54, 1.807) is 24.1 Å². The Morgan fingerprint density at radius 3 is 2.88 bits per heavy atom. The van der Waals surface area contributed by atoms with E-state index in [2.05, 4.69) is 25.8 Å². The van der Waals surface area contributed by atoms with Crippen molar-refractivity contribution >= 4 is 17.5 Å². The highest BCUT2D eigenvalue weighted by Gasteiger charge is 2.29. The van der Waals surface area contributed by atoms with Crippen molar-refractivity contribution in [2.45, 2.75) is 32.9 Å². The normalized spacial score (nSPS) is 17.2. The van der Waals surface area contributed by atoms with Crippen molar-refractivity contribution in [2.24, 2.45) is 0 Å². The van der Waals surface area contributed by atoms with Crippen molar-refractivity contribution in [3.8, 4) is 0 Å². The molecule has 10 nitrogen and oxygen atoms in total. The summed E-state index contributed by atoms with van der Waals surface area (Å²) in [6.45, 7) is 4.84. The van der Waals surface area contributed by atoms with E-state index >= 15 is 0 Å². The van der Waals surface area contributed by atoms with Crippen LogP contribution < -0.4 is 5.32 Å². The van der Waals surface area contributed by atoms with Crippen LogP contribution in [0.25, 0.3) is 0 Å². The molecular weight excluding hydrogens is 338 g/mol. The van der Waals surface area contributed by atoms with Gasteiger partial charge in [-0.2, -0.15) is 0 Å². The number of rotatable bonds is 5. The first kappa shape index (κ1) is 17.9. The fourth-order valence-electron chi connectivity index (χ4n) is 2.73. The van der Waals surface area contributed by atoms with Crippen LogP contribution in [0.1, 0.15) is 17.9 Å². The van der Waals surface area contributed by atoms with Crippen molar-refractivity contribution in [3.05, 3.63) is 29.8 Å². The number of tetrazole rings is 1. The molecule has 1 fully saturated rings. The van der Waals surface area contributed by atoms with Gasteiger partial charge in [0.1, 0.15) is 12.4 Å². The molecule has 0 aliphatic carbocycles. The highest BCUT2D eigenvalue weighted by Crippen LogP contribution is 2.14. The van der Waals surface area contributed by atoms with Crippen molar-refractivity contribution < 1.29 is 14.3 Å². The Bertz CT molecular complexity index is 774. The lowest BCUT2D eigenvalue weighted by Gasteiger charge is -2.35. The number of carbonyl (C=O) groups is 2. The van der Waals surface area contributed by atoms with Crippen LogP contribution in [0.2, 0.25) is 0 Å². The summed E-state index contributed by atoms with van der Waals surface area (Å²) in [5, 5.41) is 13.9. The average Bonchev–Trinajstić information content (AvgIpc) is 3.02. The van der Waals surface area contributed by atoms with Crippen LogP contribution in [0.4, 0.5) is 5.69 Å². The molecule has 2 aromatic heterocycles. The summed E-state index contributed by atoms with van der Waals surface area (Å²) in [7, 11) is 0. The van der Waals surface area contributed by atoms with E-state index < -0.39 is 0 Å². The number of amides is 2. The summed E-state index contributed by atoms with van der Waals surface area (Å²) in [4.78, 5) is 30.8. The monoisotopic (exact) mass is 359 g/mol. The first-order valence-corrected chi connectivity index (χ1v) is 8.35. The molecule has 10 heteroatoms. The Morgan fingerprint density at radius 2 is 2.19 bits per heavy atom. The summed E-state index contributed by atoms with van der Waals surface area (Å²) >= 11 is 0. The van der Waals surface area contributed by atoms with Gasteiger partial charge in [-0.3, -0.25) is 14.6 Å². The van der Waals surface area contributed by atoms with Gasteiger partial charge in [-0.25, -0.2) is 4.68 Å². The Balaban J connectivity index is 1.61. The molecule has 1 saturated heterocycles. The molecule has 3 heterocycles. The molecule has 2 amide bonds. The third kappa shape index (κ3) is 4.39. The molecule has 1 atom stereocenters.